The van der Waals surface area contributed by atoms with Gasteiger partial charge in [0.05, 0.1) is 17.3 Å². The highest BCUT2D eigenvalue weighted by molar-refractivity contribution is 5.47. The van der Waals surface area contributed by atoms with Gasteiger partial charge < -0.3 is 5.32 Å². The number of aromatic amines is 1. The first-order valence-corrected chi connectivity index (χ1v) is 8.59. The second-order valence-corrected chi connectivity index (χ2v) is 6.40. The first-order chi connectivity index (χ1) is 12.6. The lowest BCUT2D eigenvalue weighted by atomic mass is 10.0. The molecule has 132 valence electrons. The molecule has 0 amide bonds. The second kappa shape index (κ2) is 6.63. The molecule has 0 aliphatic carbocycles. The Labute approximate surface area is 149 Å². The Balaban J connectivity index is 1.77. The Morgan fingerprint density at radius 3 is 2.46 bits per heavy atom. The zero-order valence-corrected chi connectivity index (χ0v) is 14.0. The Morgan fingerprint density at radius 2 is 1.73 bits per heavy atom. The molecular formula is C20H18FN3O2. The highest BCUT2D eigenvalue weighted by Gasteiger charge is 2.22. The van der Waals surface area contributed by atoms with Crippen LogP contribution in [0, 0.1) is 5.82 Å². The number of halogens is 1. The second-order valence-electron chi connectivity index (χ2n) is 6.40. The quantitative estimate of drug-likeness (QED) is 0.745. The molecule has 0 unspecified atom stereocenters. The highest BCUT2D eigenvalue weighted by atomic mass is 19.1. The average molecular weight is 351 g/mol. The molecule has 0 saturated heterocycles. The number of nitrogens with one attached hydrogen (secondary N) is 2. The molecular weight excluding hydrogens is 333 g/mol. The first-order valence-electron chi connectivity index (χ1n) is 8.59. The highest BCUT2D eigenvalue weighted by Crippen LogP contribution is 2.28. The van der Waals surface area contributed by atoms with Gasteiger partial charge in [0.1, 0.15) is 11.6 Å². The van der Waals surface area contributed by atoms with Gasteiger partial charge in [0.2, 0.25) is 0 Å². The Bertz CT molecular complexity index is 1040. The van der Waals surface area contributed by atoms with Gasteiger partial charge in [-0.05, 0) is 49.1 Å². The molecule has 1 aliphatic rings. The average Bonchev–Trinajstić information content (AvgIpc) is 2.86. The van der Waals surface area contributed by atoms with Gasteiger partial charge in [-0.25, -0.2) is 13.8 Å². The number of para-hydroxylation sites is 1. The molecule has 0 bridgehead atoms. The third-order valence-corrected chi connectivity index (χ3v) is 4.72. The van der Waals surface area contributed by atoms with Gasteiger partial charge in [0, 0.05) is 0 Å². The van der Waals surface area contributed by atoms with Crippen molar-refractivity contribution in [1.29, 1.82) is 0 Å². The van der Waals surface area contributed by atoms with Crippen LogP contribution in [0.15, 0.2) is 64.2 Å². The summed E-state index contributed by atoms with van der Waals surface area (Å²) in [7, 11) is 0. The summed E-state index contributed by atoms with van der Waals surface area (Å²) in [6.07, 6.45) is 2.15. The van der Waals surface area contributed by atoms with E-state index in [1.807, 2.05) is 6.07 Å². The number of nitrogens with zero attached hydrogens (tertiary/aromatic N) is 1. The summed E-state index contributed by atoms with van der Waals surface area (Å²) < 4.78 is 14.3. The van der Waals surface area contributed by atoms with Crippen molar-refractivity contribution in [2.45, 2.75) is 25.3 Å². The smallest absolute Gasteiger partial charge is 0.334 e. The van der Waals surface area contributed by atoms with E-state index in [0.717, 1.165) is 18.4 Å². The van der Waals surface area contributed by atoms with Crippen molar-refractivity contribution in [2.24, 2.45) is 0 Å². The van der Waals surface area contributed by atoms with E-state index in [2.05, 4.69) is 10.3 Å². The summed E-state index contributed by atoms with van der Waals surface area (Å²) in [6, 6.07) is 15.1. The van der Waals surface area contributed by atoms with Crippen LogP contribution in [0.3, 0.4) is 0 Å². The maximum atomic E-state index is 13.2. The predicted molar refractivity (Wildman–Crippen MR) is 98.4 cm³/mol. The van der Waals surface area contributed by atoms with Crippen LogP contribution in [-0.2, 0) is 6.42 Å². The van der Waals surface area contributed by atoms with Crippen LogP contribution >= 0.6 is 0 Å². The molecule has 2 aromatic carbocycles. The van der Waals surface area contributed by atoms with Crippen LogP contribution in [-0.4, -0.2) is 9.55 Å². The molecule has 26 heavy (non-hydrogen) atoms. The SMILES string of the molecule is O=c1[nH]c2c(c(=O)n1-c1ccccc1)CCC[C@H](c1ccc(F)cc1)N2. The lowest BCUT2D eigenvalue weighted by Crippen LogP contribution is -2.36. The van der Waals surface area contributed by atoms with Crippen LogP contribution in [0.25, 0.3) is 5.69 Å². The zero-order chi connectivity index (χ0) is 18.1. The topological polar surface area (TPSA) is 66.9 Å². The molecule has 1 atom stereocenters. The number of benzene rings is 2. The number of aromatic nitrogens is 2. The van der Waals surface area contributed by atoms with Crippen LogP contribution in [0.5, 0.6) is 0 Å². The van der Waals surface area contributed by atoms with E-state index in [1.54, 1.807) is 36.4 Å². The molecule has 2 N–H and O–H groups in total. The van der Waals surface area contributed by atoms with E-state index in [9.17, 15) is 14.0 Å². The number of rotatable bonds is 2. The Morgan fingerprint density at radius 1 is 1.00 bits per heavy atom. The standard InChI is InChI=1S/C20H18FN3O2/c21-14-11-9-13(10-12-14)17-8-4-7-16-18(22-17)23-20(26)24(19(16)25)15-5-2-1-3-6-15/h1-3,5-6,9-12,17,22H,4,7-8H2,(H,23,26)/t17-/m1/s1. The molecule has 0 fully saturated rings. The number of hydrogen-bond donors (Lipinski definition) is 2. The molecule has 0 saturated carbocycles. The summed E-state index contributed by atoms with van der Waals surface area (Å²) in [6.45, 7) is 0. The van der Waals surface area contributed by atoms with Crippen molar-refractivity contribution in [3.8, 4) is 5.69 Å². The molecule has 2 heterocycles. The normalized spacial score (nSPS) is 16.4. The van der Waals surface area contributed by atoms with Crippen molar-refractivity contribution in [3.63, 3.8) is 0 Å². The van der Waals surface area contributed by atoms with Crippen LogP contribution in [0.1, 0.15) is 30.0 Å². The molecule has 0 radical (unpaired) electrons. The van der Waals surface area contributed by atoms with Gasteiger partial charge >= 0.3 is 5.69 Å². The summed E-state index contributed by atoms with van der Waals surface area (Å²) in [5.74, 6) is 0.168. The molecule has 5 nitrogen and oxygen atoms in total. The molecule has 1 aromatic heterocycles. The Kier molecular flexibility index (Phi) is 4.16. The monoisotopic (exact) mass is 351 g/mol. The predicted octanol–water partition coefficient (Wildman–Crippen LogP) is 3.15. The summed E-state index contributed by atoms with van der Waals surface area (Å²) >= 11 is 0. The van der Waals surface area contributed by atoms with E-state index in [1.165, 1.54) is 16.7 Å². The summed E-state index contributed by atoms with van der Waals surface area (Å²) in [5.41, 5.74) is 1.25. The van der Waals surface area contributed by atoms with E-state index in [-0.39, 0.29) is 17.4 Å². The maximum Gasteiger partial charge on any atom is 0.334 e. The zero-order valence-electron chi connectivity index (χ0n) is 14.0. The van der Waals surface area contributed by atoms with Crippen molar-refractivity contribution < 1.29 is 4.39 Å². The number of hydrogen-bond acceptors (Lipinski definition) is 3. The summed E-state index contributed by atoms with van der Waals surface area (Å²) in [5, 5.41) is 3.26. The van der Waals surface area contributed by atoms with Gasteiger partial charge in [0.15, 0.2) is 0 Å². The third-order valence-electron chi connectivity index (χ3n) is 4.72. The molecule has 6 heteroatoms. The van der Waals surface area contributed by atoms with Crippen LogP contribution in [0.4, 0.5) is 10.2 Å². The van der Waals surface area contributed by atoms with Crippen LogP contribution < -0.4 is 16.6 Å². The van der Waals surface area contributed by atoms with E-state index < -0.39 is 5.69 Å². The van der Waals surface area contributed by atoms with Gasteiger partial charge in [-0.15, -0.1) is 0 Å². The van der Waals surface area contributed by atoms with E-state index in [4.69, 9.17) is 0 Å². The minimum absolute atomic E-state index is 0.0838. The molecule has 4 rings (SSSR count). The summed E-state index contributed by atoms with van der Waals surface area (Å²) in [4.78, 5) is 28.3. The largest absolute Gasteiger partial charge is 0.364 e. The molecule has 1 aliphatic heterocycles. The lowest BCUT2D eigenvalue weighted by molar-refractivity contribution is 0.622. The lowest BCUT2D eigenvalue weighted by Gasteiger charge is -2.18. The van der Waals surface area contributed by atoms with Crippen molar-refractivity contribution in [3.05, 3.63) is 92.4 Å². The Hall–Kier alpha value is -3.15. The van der Waals surface area contributed by atoms with Gasteiger partial charge in [0.25, 0.3) is 5.56 Å². The fourth-order valence-corrected chi connectivity index (χ4v) is 3.41. The van der Waals surface area contributed by atoms with Crippen LogP contribution in [0.2, 0.25) is 0 Å². The van der Waals surface area contributed by atoms with Crippen molar-refractivity contribution >= 4 is 5.82 Å². The fraction of sp³-hybridized carbons (Fsp3) is 0.200. The number of anilines is 1. The fourth-order valence-electron chi connectivity index (χ4n) is 3.41. The number of fused-ring (bicyclic) bond motifs is 1. The first kappa shape index (κ1) is 16.3. The maximum absolute atomic E-state index is 13.2. The minimum Gasteiger partial charge on any atom is -0.364 e. The van der Waals surface area contributed by atoms with Gasteiger partial charge in [-0.2, -0.15) is 0 Å². The van der Waals surface area contributed by atoms with Gasteiger partial charge in [-0.1, -0.05) is 30.3 Å². The van der Waals surface area contributed by atoms with E-state index in [0.29, 0.717) is 23.5 Å². The van der Waals surface area contributed by atoms with Crippen molar-refractivity contribution in [2.75, 3.05) is 5.32 Å². The van der Waals surface area contributed by atoms with Gasteiger partial charge in [-0.3, -0.25) is 9.78 Å². The molecule has 3 aromatic rings. The molecule has 0 spiro atoms. The number of H-pyrrole nitrogens is 1. The van der Waals surface area contributed by atoms with Crippen molar-refractivity contribution in [1.82, 2.24) is 9.55 Å². The van der Waals surface area contributed by atoms with E-state index >= 15 is 0 Å². The minimum atomic E-state index is -0.479. The third kappa shape index (κ3) is 2.94.